The second-order valence-electron chi connectivity index (χ2n) is 4.16. The molecule has 15 heavy (non-hydrogen) atoms. The predicted molar refractivity (Wildman–Crippen MR) is 53.3 cm³/mol. The van der Waals surface area contributed by atoms with Crippen LogP contribution in [0.1, 0.15) is 20.8 Å². The lowest BCUT2D eigenvalue weighted by Crippen LogP contribution is -2.62. The summed E-state index contributed by atoms with van der Waals surface area (Å²) in [7, 11) is 0. The summed E-state index contributed by atoms with van der Waals surface area (Å²) in [4.78, 5) is 23.7. The van der Waals surface area contributed by atoms with Gasteiger partial charge in [-0.25, -0.2) is 0 Å². The van der Waals surface area contributed by atoms with Gasteiger partial charge in [-0.3, -0.25) is 10.1 Å². The molecule has 0 spiro atoms. The van der Waals surface area contributed by atoms with Crippen molar-refractivity contribution in [3.63, 3.8) is 0 Å². The number of H-pyrrole nitrogens is 1. The van der Waals surface area contributed by atoms with Crippen molar-refractivity contribution in [2.45, 2.75) is 26.3 Å². The van der Waals surface area contributed by atoms with Gasteiger partial charge in [0, 0.05) is 0 Å². The molecular weight excluding hydrogens is 200 g/mol. The summed E-state index contributed by atoms with van der Waals surface area (Å²) in [5, 5.41) is 10.6. The minimum absolute atomic E-state index is 0.231. The fraction of sp³-hybridized carbons (Fsp3) is 0.500. The summed E-state index contributed by atoms with van der Waals surface area (Å²) in [6.07, 6.45) is 1.15. The highest BCUT2D eigenvalue weighted by Gasteiger charge is 2.28. The van der Waals surface area contributed by atoms with Crippen LogP contribution >= 0.6 is 0 Å². The Morgan fingerprint density at radius 1 is 1.53 bits per heavy atom. The van der Waals surface area contributed by atoms with Gasteiger partial charge in [-0.1, -0.05) is 0 Å². The number of nitrogens with zero attached hydrogens (tertiary/aromatic N) is 2. The van der Waals surface area contributed by atoms with Crippen molar-refractivity contribution in [2.75, 3.05) is 5.73 Å². The molecule has 1 aromatic rings. The minimum atomic E-state index is -0.631. The van der Waals surface area contributed by atoms with Gasteiger partial charge in [0.25, 0.3) is 5.82 Å². The molecule has 0 saturated heterocycles. The van der Waals surface area contributed by atoms with Gasteiger partial charge in [-0.15, -0.1) is 0 Å². The number of nitrogen functional groups attached to an aromatic ring is 1. The summed E-state index contributed by atoms with van der Waals surface area (Å²) in [6, 6.07) is 0. The van der Waals surface area contributed by atoms with E-state index >= 15 is 0 Å². The van der Waals surface area contributed by atoms with Crippen LogP contribution in [-0.2, 0) is 5.54 Å². The predicted octanol–water partition coefficient (Wildman–Crippen LogP) is -0.0922. The second kappa shape index (κ2) is 3.34. The molecule has 0 aliphatic heterocycles. The van der Waals surface area contributed by atoms with Gasteiger partial charge >= 0.3 is 11.4 Å². The van der Waals surface area contributed by atoms with E-state index in [9.17, 15) is 14.9 Å². The van der Waals surface area contributed by atoms with E-state index in [1.807, 2.05) is 0 Å². The lowest BCUT2D eigenvalue weighted by Gasteiger charge is -2.14. The number of aromatic nitrogens is 2. The maximum absolute atomic E-state index is 11.5. The molecule has 0 aliphatic rings. The molecular formula is C8H13N4O3+. The standard InChI is InChI=1S/C8H12N4O3/c1-8(2,3)11-4-5(12(14)15)6(9)10-7(11)13/h4H,1-3H3,(H2,9,10,13)/p+1. The molecule has 0 amide bonds. The Balaban J connectivity index is 3.51. The molecule has 0 saturated carbocycles. The molecule has 0 aliphatic carbocycles. The summed E-state index contributed by atoms with van der Waals surface area (Å²) in [5.41, 5.74) is 4.02. The number of rotatable bonds is 1. The number of hydrogen-bond donors (Lipinski definition) is 2. The first-order chi connectivity index (χ1) is 6.73. The van der Waals surface area contributed by atoms with Crippen LogP contribution in [0.15, 0.2) is 11.0 Å². The highest BCUT2D eigenvalue weighted by atomic mass is 16.6. The number of anilines is 1. The molecule has 0 atom stereocenters. The number of aromatic amines is 1. The van der Waals surface area contributed by atoms with E-state index in [1.165, 1.54) is 4.57 Å². The molecule has 0 radical (unpaired) electrons. The summed E-state index contributed by atoms with van der Waals surface area (Å²) in [5.74, 6) is -0.231. The first kappa shape index (κ1) is 11.2. The Morgan fingerprint density at radius 2 is 2.07 bits per heavy atom. The van der Waals surface area contributed by atoms with Crippen LogP contribution in [0.4, 0.5) is 11.5 Å². The van der Waals surface area contributed by atoms with Crippen LogP contribution in [0.5, 0.6) is 0 Å². The van der Waals surface area contributed by atoms with Gasteiger partial charge in [0.05, 0.1) is 4.92 Å². The monoisotopic (exact) mass is 213 g/mol. The van der Waals surface area contributed by atoms with E-state index in [1.54, 1.807) is 20.8 Å². The van der Waals surface area contributed by atoms with Crippen LogP contribution in [0.3, 0.4) is 0 Å². The highest BCUT2D eigenvalue weighted by molar-refractivity contribution is 5.48. The van der Waals surface area contributed by atoms with Crippen molar-refractivity contribution >= 4 is 11.5 Å². The average molecular weight is 213 g/mol. The van der Waals surface area contributed by atoms with Crippen molar-refractivity contribution in [2.24, 2.45) is 0 Å². The van der Waals surface area contributed by atoms with Gasteiger partial charge in [-0.2, -0.15) is 14.3 Å². The normalized spacial score (nSPS) is 11.4. The van der Waals surface area contributed by atoms with E-state index in [-0.39, 0.29) is 11.5 Å². The topological polar surface area (TPSA) is 106 Å². The molecule has 7 nitrogen and oxygen atoms in total. The van der Waals surface area contributed by atoms with E-state index in [0.717, 1.165) is 6.20 Å². The zero-order chi connectivity index (χ0) is 11.8. The zero-order valence-corrected chi connectivity index (χ0v) is 8.77. The van der Waals surface area contributed by atoms with Crippen molar-refractivity contribution in [1.29, 1.82) is 0 Å². The smallest absolute Gasteiger partial charge is 0.360 e. The second-order valence-corrected chi connectivity index (χ2v) is 4.16. The fourth-order valence-electron chi connectivity index (χ4n) is 1.13. The van der Waals surface area contributed by atoms with Crippen LogP contribution in [0, 0.1) is 10.1 Å². The SMILES string of the molecule is CC(C)(C)[n+]1cc([N+](=O)[O-])c(N)[nH]c1=O. The third kappa shape index (κ3) is 2.12. The molecule has 0 aromatic carbocycles. The molecule has 1 heterocycles. The van der Waals surface area contributed by atoms with E-state index in [4.69, 9.17) is 5.73 Å². The Bertz CT molecular complexity index is 458. The van der Waals surface area contributed by atoms with Crippen LogP contribution in [0.25, 0.3) is 0 Å². The van der Waals surface area contributed by atoms with Crippen LogP contribution in [0.2, 0.25) is 0 Å². The molecule has 1 rings (SSSR count). The van der Waals surface area contributed by atoms with Gasteiger partial charge < -0.3 is 5.73 Å². The van der Waals surface area contributed by atoms with Crippen molar-refractivity contribution in [1.82, 2.24) is 4.98 Å². The molecule has 1 aromatic heterocycles. The Labute approximate surface area is 85.7 Å². The Morgan fingerprint density at radius 3 is 2.47 bits per heavy atom. The third-order valence-corrected chi connectivity index (χ3v) is 1.91. The van der Waals surface area contributed by atoms with Crippen molar-refractivity contribution < 1.29 is 9.49 Å². The maximum atomic E-state index is 11.5. The van der Waals surface area contributed by atoms with Crippen LogP contribution in [-0.4, -0.2) is 9.91 Å². The van der Waals surface area contributed by atoms with E-state index < -0.39 is 16.2 Å². The minimum Gasteiger partial charge on any atom is -0.360 e. The average Bonchev–Trinajstić information content (AvgIpc) is 2.00. The fourth-order valence-corrected chi connectivity index (χ4v) is 1.13. The first-order valence-electron chi connectivity index (χ1n) is 4.33. The van der Waals surface area contributed by atoms with Gasteiger partial charge in [-0.05, 0) is 20.8 Å². The van der Waals surface area contributed by atoms with E-state index in [2.05, 4.69) is 4.98 Å². The van der Waals surface area contributed by atoms with Crippen molar-refractivity contribution in [3.8, 4) is 0 Å². The molecule has 82 valence electrons. The van der Waals surface area contributed by atoms with Gasteiger partial charge in [0.1, 0.15) is 5.54 Å². The molecule has 0 bridgehead atoms. The third-order valence-electron chi connectivity index (χ3n) is 1.91. The Hall–Kier alpha value is -1.92. The van der Waals surface area contributed by atoms with E-state index in [0.29, 0.717) is 0 Å². The number of hydrogen-bond acceptors (Lipinski definition) is 4. The van der Waals surface area contributed by atoms with Crippen molar-refractivity contribution in [3.05, 3.63) is 26.8 Å². The largest absolute Gasteiger partial charge is 0.498 e. The lowest BCUT2D eigenvalue weighted by atomic mass is 10.1. The Kier molecular flexibility index (Phi) is 2.48. The summed E-state index contributed by atoms with van der Waals surface area (Å²) < 4.78 is 1.24. The highest BCUT2D eigenvalue weighted by Crippen LogP contribution is 2.14. The molecule has 7 heteroatoms. The summed E-state index contributed by atoms with van der Waals surface area (Å²) >= 11 is 0. The number of nitro groups is 1. The first-order valence-corrected chi connectivity index (χ1v) is 4.33. The lowest BCUT2D eigenvalue weighted by molar-refractivity contribution is -0.770. The molecule has 3 N–H and O–H groups in total. The molecule has 0 fully saturated rings. The van der Waals surface area contributed by atoms with Gasteiger partial charge in [0.15, 0.2) is 6.20 Å². The number of nitrogens with two attached hydrogens (primary N) is 1. The summed E-state index contributed by atoms with van der Waals surface area (Å²) in [6.45, 7) is 5.30. The number of nitrogens with one attached hydrogen (secondary N) is 1. The van der Waals surface area contributed by atoms with Gasteiger partial charge in [0.2, 0.25) is 0 Å². The van der Waals surface area contributed by atoms with Crippen LogP contribution < -0.4 is 16.0 Å². The molecule has 0 unspecified atom stereocenters. The quantitative estimate of drug-likeness (QED) is 0.386. The zero-order valence-electron chi connectivity index (χ0n) is 8.77. The maximum Gasteiger partial charge on any atom is 0.498 e.